The summed E-state index contributed by atoms with van der Waals surface area (Å²) in [7, 11) is 0. The van der Waals surface area contributed by atoms with Gasteiger partial charge in [0, 0.05) is 30.9 Å². The second-order valence-electron chi connectivity index (χ2n) is 6.01. The average Bonchev–Trinajstić information content (AvgIpc) is 2.66. The Kier molecular flexibility index (Phi) is 5.40. The lowest BCUT2D eigenvalue weighted by Gasteiger charge is -2.22. The number of carbonyl (C=O) groups is 1. The molecule has 0 saturated heterocycles. The largest absolute Gasteiger partial charge is 0.349 e. The zero-order valence-corrected chi connectivity index (χ0v) is 14.1. The van der Waals surface area contributed by atoms with E-state index in [9.17, 15) is 14.4 Å². The lowest BCUT2D eigenvalue weighted by Crippen LogP contribution is -2.14. The monoisotopic (exact) mass is 344 g/mol. The summed E-state index contributed by atoms with van der Waals surface area (Å²) in [5.74, 6) is -0.710. The number of hydrogen-bond donors (Lipinski definition) is 0. The van der Waals surface area contributed by atoms with Gasteiger partial charge in [-0.05, 0) is 29.3 Å². The maximum Gasteiger partial charge on any atom is 0.185 e. The Hall–Kier alpha value is -3.45. The zero-order valence-electron chi connectivity index (χ0n) is 14.1. The SMILES string of the molecule is N#CC1=CN(Cc2ccccc2)C=C(/C=C/C(=O)c2cccc(F)c2)C1. The van der Waals surface area contributed by atoms with E-state index in [4.69, 9.17) is 0 Å². The van der Waals surface area contributed by atoms with Crippen LogP contribution in [-0.4, -0.2) is 10.7 Å². The average molecular weight is 344 g/mol. The van der Waals surface area contributed by atoms with E-state index in [0.717, 1.165) is 11.1 Å². The van der Waals surface area contributed by atoms with Crippen LogP contribution < -0.4 is 0 Å². The van der Waals surface area contributed by atoms with Crippen LogP contribution in [0.1, 0.15) is 22.3 Å². The fourth-order valence-electron chi connectivity index (χ4n) is 2.74. The summed E-state index contributed by atoms with van der Waals surface area (Å²) in [6.45, 7) is 0.640. The molecule has 4 heteroatoms. The van der Waals surface area contributed by atoms with Crippen molar-refractivity contribution in [3.8, 4) is 6.07 Å². The molecule has 3 rings (SSSR count). The number of rotatable bonds is 5. The molecule has 0 atom stereocenters. The van der Waals surface area contributed by atoms with Crippen LogP contribution in [-0.2, 0) is 6.54 Å². The Morgan fingerprint density at radius 3 is 2.69 bits per heavy atom. The molecular weight excluding hydrogens is 327 g/mol. The molecule has 1 heterocycles. The minimum atomic E-state index is -0.440. The quantitative estimate of drug-likeness (QED) is 0.580. The van der Waals surface area contributed by atoms with Gasteiger partial charge in [-0.25, -0.2) is 4.39 Å². The molecule has 26 heavy (non-hydrogen) atoms. The second-order valence-corrected chi connectivity index (χ2v) is 6.01. The van der Waals surface area contributed by atoms with E-state index < -0.39 is 5.82 Å². The molecule has 2 aromatic rings. The summed E-state index contributed by atoms with van der Waals surface area (Å²) in [6, 6.07) is 17.7. The smallest absolute Gasteiger partial charge is 0.185 e. The topological polar surface area (TPSA) is 44.1 Å². The third-order valence-electron chi connectivity index (χ3n) is 3.96. The van der Waals surface area contributed by atoms with Crippen molar-refractivity contribution in [1.82, 2.24) is 4.90 Å². The molecule has 0 saturated carbocycles. The minimum absolute atomic E-state index is 0.270. The van der Waals surface area contributed by atoms with Gasteiger partial charge >= 0.3 is 0 Å². The van der Waals surface area contributed by atoms with E-state index in [2.05, 4.69) is 6.07 Å². The van der Waals surface area contributed by atoms with Gasteiger partial charge in [0.15, 0.2) is 5.78 Å². The first-order valence-corrected chi connectivity index (χ1v) is 8.23. The van der Waals surface area contributed by atoms with Gasteiger partial charge in [-0.2, -0.15) is 5.26 Å². The van der Waals surface area contributed by atoms with Crippen molar-refractivity contribution >= 4 is 5.78 Å². The first-order valence-electron chi connectivity index (χ1n) is 8.23. The van der Waals surface area contributed by atoms with E-state index >= 15 is 0 Å². The Morgan fingerprint density at radius 2 is 1.96 bits per heavy atom. The summed E-state index contributed by atoms with van der Waals surface area (Å²) in [4.78, 5) is 14.1. The number of nitrogens with zero attached hydrogens (tertiary/aromatic N) is 2. The standard InChI is InChI=1S/C22H17FN2O/c23-21-8-4-7-20(12-21)22(26)10-9-18-11-19(13-24)16-25(15-18)14-17-5-2-1-3-6-17/h1-10,12,15-16H,11,14H2/b10-9+. The van der Waals surface area contributed by atoms with Gasteiger partial charge in [0.1, 0.15) is 5.82 Å². The number of nitriles is 1. The Labute approximate surface area is 152 Å². The summed E-state index contributed by atoms with van der Waals surface area (Å²) in [6.07, 6.45) is 7.31. The minimum Gasteiger partial charge on any atom is -0.349 e. The summed E-state index contributed by atoms with van der Waals surface area (Å²) < 4.78 is 13.2. The van der Waals surface area contributed by atoms with Crippen LogP contribution >= 0.6 is 0 Å². The maximum absolute atomic E-state index is 13.2. The molecule has 1 aliphatic rings. The predicted molar refractivity (Wildman–Crippen MR) is 98.3 cm³/mol. The molecule has 0 radical (unpaired) electrons. The van der Waals surface area contributed by atoms with Crippen LogP contribution in [0.5, 0.6) is 0 Å². The highest BCUT2D eigenvalue weighted by Gasteiger charge is 2.11. The van der Waals surface area contributed by atoms with Crippen LogP contribution in [0.3, 0.4) is 0 Å². The van der Waals surface area contributed by atoms with Crippen molar-refractivity contribution in [2.75, 3.05) is 0 Å². The van der Waals surface area contributed by atoms with Crippen LogP contribution in [0.25, 0.3) is 0 Å². The Bertz CT molecular complexity index is 936. The number of allylic oxidation sites excluding steroid dienone is 4. The Balaban J connectivity index is 1.75. The molecule has 1 aliphatic heterocycles. The van der Waals surface area contributed by atoms with Crippen LogP contribution in [0.15, 0.2) is 90.3 Å². The number of ketones is 1. The highest BCUT2D eigenvalue weighted by molar-refractivity contribution is 6.04. The third-order valence-corrected chi connectivity index (χ3v) is 3.96. The third kappa shape index (κ3) is 4.55. The molecular formula is C22H17FN2O. The number of halogens is 1. The molecule has 0 aliphatic carbocycles. The van der Waals surface area contributed by atoms with Crippen molar-refractivity contribution in [1.29, 1.82) is 5.26 Å². The van der Waals surface area contributed by atoms with E-state index in [1.807, 2.05) is 47.6 Å². The molecule has 0 unspecified atom stereocenters. The fraction of sp³-hybridized carbons (Fsp3) is 0.0909. The van der Waals surface area contributed by atoms with E-state index in [-0.39, 0.29) is 5.78 Å². The van der Waals surface area contributed by atoms with Crippen molar-refractivity contribution in [2.45, 2.75) is 13.0 Å². The van der Waals surface area contributed by atoms with Crippen molar-refractivity contribution < 1.29 is 9.18 Å². The number of hydrogen-bond acceptors (Lipinski definition) is 3. The second kappa shape index (κ2) is 8.09. The van der Waals surface area contributed by atoms with Crippen LogP contribution in [0, 0.1) is 17.1 Å². The number of carbonyl (C=O) groups excluding carboxylic acids is 1. The van der Waals surface area contributed by atoms with Crippen LogP contribution in [0.2, 0.25) is 0 Å². The maximum atomic E-state index is 13.2. The molecule has 3 nitrogen and oxygen atoms in total. The first kappa shape index (κ1) is 17.4. The molecule has 0 N–H and O–H groups in total. The van der Waals surface area contributed by atoms with Gasteiger partial charge in [-0.15, -0.1) is 0 Å². The van der Waals surface area contributed by atoms with Crippen molar-refractivity contribution in [3.05, 3.63) is 107 Å². The molecule has 0 aromatic heterocycles. The highest BCUT2D eigenvalue weighted by Crippen LogP contribution is 2.21. The molecule has 0 fully saturated rings. The molecule has 0 amide bonds. The first-order chi connectivity index (χ1) is 12.6. The highest BCUT2D eigenvalue weighted by atomic mass is 19.1. The lowest BCUT2D eigenvalue weighted by molar-refractivity contribution is 0.104. The van der Waals surface area contributed by atoms with Gasteiger partial charge in [0.2, 0.25) is 0 Å². The van der Waals surface area contributed by atoms with Gasteiger partial charge < -0.3 is 4.90 Å². The molecule has 2 aromatic carbocycles. The predicted octanol–water partition coefficient (Wildman–Crippen LogP) is 4.76. The van der Waals surface area contributed by atoms with Gasteiger partial charge in [0.25, 0.3) is 0 Å². The lowest BCUT2D eigenvalue weighted by atomic mass is 10.0. The van der Waals surface area contributed by atoms with Crippen molar-refractivity contribution in [2.24, 2.45) is 0 Å². The fourth-order valence-corrected chi connectivity index (χ4v) is 2.74. The van der Waals surface area contributed by atoms with E-state index in [1.165, 1.54) is 24.3 Å². The zero-order chi connectivity index (χ0) is 18.4. The molecule has 0 bridgehead atoms. The van der Waals surface area contributed by atoms with Crippen molar-refractivity contribution in [3.63, 3.8) is 0 Å². The van der Waals surface area contributed by atoms with Gasteiger partial charge in [0.05, 0.1) is 11.6 Å². The van der Waals surface area contributed by atoms with E-state index in [0.29, 0.717) is 24.1 Å². The molecule has 0 spiro atoms. The summed E-state index contributed by atoms with van der Waals surface area (Å²) in [5, 5.41) is 9.27. The number of benzene rings is 2. The summed E-state index contributed by atoms with van der Waals surface area (Å²) in [5.41, 5.74) is 2.90. The molecule has 128 valence electrons. The Morgan fingerprint density at radius 1 is 1.15 bits per heavy atom. The van der Waals surface area contributed by atoms with E-state index in [1.54, 1.807) is 12.1 Å². The summed E-state index contributed by atoms with van der Waals surface area (Å²) >= 11 is 0. The van der Waals surface area contributed by atoms with Crippen LogP contribution in [0.4, 0.5) is 4.39 Å². The van der Waals surface area contributed by atoms with Gasteiger partial charge in [-0.3, -0.25) is 4.79 Å². The van der Waals surface area contributed by atoms with Gasteiger partial charge in [-0.1, -0.05) is 48.5 Å². The normalized spacial score (nSPS) is 13.9.